The lowest BCUT2D eigenvalue weighted by Crippen LogP contribution is -2.25. The van der Waals surface area contributed by atoms with E-state index in [2.05, 4.69) is 22.4 Å². The third kappa shape index (κ3) is 3.48. The molecular weight excluding hydrogens is 306 g/mol. The fraction of sp³-hybridized carbons (Fsp3) is 0.235. The van der Waals surface area contributed by atoms with Crippen molar-refractivity contribution in [2.75, 3.05) is 11.5 Å². The Kier molecular flexibility index (Phi) is 5.28. The van der Waals surface area contributed by atoms with Gasteiger partial charge in [-0.3, -0.25) is 0 Å². The highest BCUT2D eigenvalue weighted by Crippen LogP contribution is 2.31. The van der Waals surface area contributed by atoms with E-state index in [0.29, 0.717) is 17.1 Å². The number of nitrogens with two attached hydrogens (primary N) is 2. The van der Waals surface area contributed by atoms with E-state index in [9.17, 15) is 0 Å². The minimum absolute atomic E-state index is 0.533. The highest BCUT2D eigenvalue weighted by molar-refractivity contribution is 7.21. The second kappa shape index (κ2) is 7.19. The van der Waals surface area contributed by atoms with Crippen LogP contribution in [0.15, 0.2) is 46.6 Å². The summed E-state index contributed by atoms with van der Waals surface area (Å²) in [6.45, 7) is 5.92. The van der Waals surface area contributed by atoms with Crippen LogP contribution in [-0.2, 0) is 7.05 Å². The van der Waals surface area contributed by atoms with Crippen molar-refractivity contribution in [3.05, 3.63) is 42.0 Å². The SMILES string of the molecule is CC.Cc1cc(N=Nc2sc3ccccc3[n+]2C)c(N)cc1N. The van der Waals surface area contributed by atoms with Crippen LogP contribution in [0, 0.1) is 6.92 Å². The molecule has 0 atom stereocenters. The zero-order valence-corrected chi connectivity index (χ0v) is 14.7. The van der Waals surface area contributed by atoms with Gasteiger partial charge in [0.25, 0.3) is 0 Å². The second-order valence-corrected chi connectivity index (χ2v) is 5.89. The Morgan fingerprint density at radius 3 is 2.39 bits per heavy atom. The third-order valence-electron chi connectivity index (χ3n) is 3.37. The van der Waals surface area contributed by atoms with Crippen LogP contribution < -0.4 is 16.0 Å². The first-order valence-electron chi connectivity index (χ1n) is 7.51. The van der Waals surface area contributed by atoms with E-state index < -0.39 is 0 Å². The number of aryl methyl sites for hydroxylation is 2. The van der Waals surface area contributed by atoms with Crippen molar-refractivity contribution in [3.63, 3.8) is 0 Å². The molecule has 0 fully saturated rings. The van der Waals surface area contributed by atoms with Crippen molar-refractivity contribution in [2.24, 2.45) is 17.3 Å². The average Bonchev–Trinajstić information content (AvgIpc) is 2.88. The number of hydrogen-bond acceptors (Lipinski definition) is 5. The number of aromatic nitrogens is 1. The van der Waals surface area contributed by atoms with Crippen LogP contribution in [0.25, 0.3) is 10.2 Å². The monoisotopic (exact) mass is 328 g/mol. The molecule has 0 bridgehead atoms. The number of para-hydroxylation sites is 1. The van der Waals surface area contributed by atoms with E-state index in [0.717, 1.165) is 16.2 Å². The lowest BCUT2D eigenvalue weighted by Gasteiger charge is -2.02. The third-order valence-corrected chi connectivity index (χ3v) is 4.48. The molecule has 0 aliphatic rings. The Morgan fingerprint density at radius 2 is 1.70 bits per heavy atom. The zero-order chi connectivity index (χ0) is 17.0. The number of nitrogens with zero attached hydrogens (tertiary/aromatic N) is 3. The molecule has 0 saturated carbocycles. The molecule has 2 aromatic carbocycles. The number of azo groups is 1. The van der Waals surface area contributed by atoms with E-state index in [-0.39, 0.29) is 0 Å². The van der Waals surface area contributed by atoms with E-state index in [4.69, 9.17) is 11.5 Å². The predicted molar refractivity (Wildman–Crippen MR) is 98.5 cm³/mol. The average molecular weight is 328 g/mol. The van der Waals surface area contributed by atoms with Gasteiger partial charge >= 0.3 is 5.13 Å². The number of nitrogen functional groups attached to an aromatic ring is 2. The maximum atomic E-state index is 5.93. The largest absolute Gasteiger partial charge is 0.409 e. The molecule has 1 heterocycles. The fourth-order valence-corrected chi connectivity index (χ4v) is 3.06. The van der Waals surface area contributed by atoms with E-state index in [1.54, 1.807) is 17.4 Å². The molecule has 0 unspecified atom stereocenters. The van der Waals surface area contributed by atoms with Crippen molar-refractivity contribution < 1.29 is 4.57 Å². The smallest absolute Gasteiger partial charge is 0.398 e. The van der Waals surface area contributed by atoms with Gasteiger partial charge in [-0.05, 0) is 53.2 Å². The summed E-state index contributed by atoms with van der Waals surface area (Å²) in [5.41, 5.74) is 15.7. The summed E-state index contributed by atoms with van der Waals surface area (Å²) in [7, 11) is 1.98. The second-order valence-electron chi connectivity index (χ2n) is 4.88. The molecule has 0 amide bonds. The molecule has 120 valence electrons. The molecule has 0 radical (unpaired) electrons. The number of anilines is 2. The van der Waals surface area contributed by atoms with Gasteiger partial charge in [-0.25, -0.2) is 4.57 Å². The Bertz CT molecular complexity index is 852. The number of thiazole rings is 1. The normalized spacial score (nSPS) is 10.8. The van der Waals surface area contributed by atoms with Crippen LogP contribution in [0.2, 0.25) is 0 Å². The molecule has 3 aromatic rings. The summed E-state index contributed by atoms with van der Waals surface area (Å²) in [5, 5.41) is 9.42. The summed E-state index contributed by atoms with van der Waals surface area (Å²) in [6, 6.07) is 11.7. The molecule has 0 aliphatic heterocycles. The number of fused-ring (bicyclic) bond motifs is 1. The van der Waals surface area contributed by atoms with E-state index in [1.165, 1.54) is 4.70 Å². The minimum atomic E-state index is 0.533. The first kappa shape index (κ1) is 16.9. The van der Waals surface area contributed by atoms with Gasteiger partial charge in [-0.1, -0.05) is 26.0 Å². The summed E-state index contributed by atoms with van der Waals surface area (Å²) in [6.07, 6.45) is 0. The standard InChI is InChI=1S/C15H15N5S.C2H6/c1-9-7-12(11(17)8-10(9)16)18-19-15-20(2)13-5-3-4-6-14(13)21-15;1-2/h3-8H,1-2H3,(H3,16,17);1-2H3/p+1. The summed E-state index contributed by atoms with van der Waals surface area (Å²) in [4.78, 5) is 0. The minimum Gasteiger partial charge on any atom is -0.398 e. The molecule has 1 aromatic heterocycles. The first-order valence-corrected chi connectivity index (χ1v) is 8.33. The van der Waals surface area contributed by atoms with Crippen LogP contribution >= 0.6 is 11.3 Å². The van der Waals surface area contributed by atoms with E-state index >= 15 is 0 Å². The molecule has 0 spiro atoms. The predicted octanol–water partition coefficient (Wildman–Crippen LogP) is 4.64. The van der Waals surface area contributed by atoms with Crippen molar-refractivity contribution in [1.29, 1.82) is 0 Å². The van der Waals surface area contributed by atoms with Gasteiger partial charge in [0, 0.05) is 5.69 Å². The van der Waals surface area contributed by atoms with Crippen LogP contribution in [0.5, 0.6) is 0 Å². The quantitative estimate of drug-likeness (QED) is 0.408. The molecule has 5 nitrogen and oxygen atoms in total. The highest BCUT2D eigenvalue weighted by atomic mass is 32.1. The Hall–Kier alpha value is -2.47. The van der Waals surface area contributed by atoms with Crippen molar-refractivity contribution in [1.82, 2.24) is 0 Å². The molecule has 4 N–H and O–H groups in total. The number of benzene rings is 2. The van der Waals surface area contributed by atoms with Gasteiger partial charge < -0.3 is 11.5 Å². The van der Waals surface area contributed by atoms with E-state index in [1.807, 2.05) is 50.6 Å². The summed E-state index contributed by atoms with van der Waals surface area (Å²) >= 11 is 1.59. The van der Waals surface area contributed by atoms with Gasteiger partial charge in [-0.2, -0.15) is 0 Å². The van der Waals surface area contributed by atoms with Gasteiger partial charge in [0.1, 0.15) is 11.2 Å². The van der Waals surface area contributed by atoms with Gasteiger partial charge in [0.2, 0.25) is 0 Å². The summed E-state index contributed by atoms with van der Waals surface area (Å²) in [5.74, 6) is 0. The van der Waals surface area contributed by atoms with Gasteiger partial charge in [0.15, 0.2) is 0 Å². The number of hydrogen-bond donors (Lipinski definition) is 2. The lowest BCUT2D eigenvalue weighted by molar-refractivity contribution is -0.627. The van der Waals surface area contributed by atoms with Crippen molar-refractivity contribution in [2.45, 2.75) is 20.8 Å². The van der Waals surface area contributed by atoms with Crippen LogP contribution in [0.1, 0.15) is 19.4 Å². The molecule has 0 saturated heterocycles. The van der Waals surface area contributed by atoms with Crippen LogP contribution in [0.3, 0.4) is 0 Å². The highest BCUT2D eigenvalue weighted by Gasteiger charge is 2.15. The number of rotatable bonds is 2. The lowest BCUT2D eigenvalue weighted by atomic mass is 10.1. The van der Waals surface area contributed by atoms with Crippen molar-refractivity contribution >= 4 is 43.7 Å². The van der Waals surface area contributed by atoms with Crippen LogP contribution in [0.4, 0.5) is 22.2 Å². The molecule has 0 aliphatic carbocycles. The van der Waals surface area contributed by atoms with Crippen molar-refractivity contribution in [3.8, 4) is 0 Å². The molecule has 6 heteroatoms. The maximum Gasteiger partial charge on any atom is 0.409 e. The van der Waals surface area contributed by atoms with Gasteiger partial charge in [0.05, 0.1) is 22.5 Å². The summed E-state index contributed by atoms with van der Waals surface area (Å²) < 4.78 is 3.19. The van der Waals surface area contributed by atoms with Crippen LogP contribution in [-0.4, -0.2) is 0 Å². The Balaban J connectivity index is 0.000000924. The molecule has 23 heavy (non-hydrogen) atoms. The Morgan fingerprint density at radius 1 is 1.00 bits per heavy atom. The molecular formula is C17H22N5S+. The fourth-order valence-electron chi connectivity index (χ4n) is 2.09. The van der Waals surface area contributed by atoms with Gasteiger partial charge in [-0.15, -0.1) is 0 Å². The first-order chi connectivity index (χ1) is 11.1. The zero-order valence-electron chi connectivity index (χ0n) is 13.9. The molecule has 3 rings (SSSR count). The Labute approximate surface area is 140 Å². The topological polar surface area (TPSA) is 80.6 Å². The maximum absolute atomic E-state index is 5.93.